The molecule has 1 heterocycles. The molecule has 1 aromatic rings. The predicted octanol–water partition coefficient (Wildman–Crippen LogP) is 3.43. The Morgan fingerprint density at radius 3 is 2.83 bits per heavy atom. The van der Waals surface area contributed by atoms with Crippen LogP contribution in [0.25, 0.3) is 5.57 Å². The Kier molecular flexibility index (Phi) is 4.61. The van der Waals surface area contributed by atoms with E-state index < -0.39 is 0 Å². The zero-order valence-corrected chi connectivity index (χ0v) is 11.7. The Labute approximate surface area is 114 Å². The summed E-state index contributed by atoms with van der Waals surface area (Å²) in [6.45, 7) is 2.77. The highest BCUT2D eigenvalue weighted by Gasteiger charge is 2.21. The number of nitrogens with two attached hydrogens (primary N) is 1. The van der Waals surface area contributed by atoms with Crippen LogP contribution in [0, 0.1) is 5.92 Å². The molecule has 2 nitrogen and oxygen atoms in total. The lowest BCUT2D eigenvalue weighted by Gasteiger charge is -2.26. The summed E-state index contributed by atoms with van der Waals surface area (Å²) in [6.07, 6.45) is 9.29. The quantitative estimate of drug-likeness (QED) is 0.817. The van der Waals surface area contributed by atoms with Gasteiger partial charge in [0.25, 0.3) is 0 Å². The summed E-state index contributed by atoms with van der Waals surface area (Å²) in [5.41, 5.74) is 9.67. The van der Waals surface area contributed by atoms with Gasteiger partial charge in [0.15, 0.2) is 0 Å². The maximum atomic E-state index is 5.82. The molecule has 3 heteroatoms. The first kappa shape index (κ1) is 13.4. The minimum atomic E-state index is 0.425. The molecule has 0 spiro atoms. The van der Waals surface area contributed by atoms with Crippen molar-refractivity contribution in [3.8, 4) is 0 Å². The van der Waals surface area contributed by atoms with Crippen molar-refractivity contribution in [1.82, 2.24) is 4.98 Å². The molecule has 1 aliphatic carbocycles. The number of allylic oxidation sites excluding steroid dienone is 3. The molecule has 0 aromatic carbocycles. The minimum Gasteiger partial charge on any atom is -0.330 e. The Morgan fingerprint density at radius 1 is 1.50 bits per heavy atom. The van der Waals surface area contributed by atoms with Crippen LogP contribution in [0.4, 0.5) is 0 Å². The summed E-state index contributed by atoms with van der Waals surface area (Å²) in [6, 6.07) is 4.10. The number of pyridine rings is 1. The van der Waals surface area contributed by atoms with E-state index in [1.54, 1.807) is 0 Å². The summed E-state index contributed by atoms with van der Waals surface area (Å²) in [5, 5.41) is 0. The summed E-state index contributed by atoms with van der Waals surface area (Å²) < 4.78 is 0. The standard InChI is InChI=1S/C15H20N2S/c1-2-13(11-6-8-17-9-7-11)14-5-3-4-12(10-16)15(14)18/h2,6-9,12,18H,3-5,10,16H2,1H3/b13-2-. The molecule has 0 bridgehead atoms. The predicted molar refractivity (Wildman–Crippen MR) is 80.3 cm³/mol. The number of nitrogens with zero attached hydrogens (tertiary/aromatic N) is 1. The zero-order chi connectivity index (χ0) is 13.0. The maximum Gasteiger partial charge on any atom is 0.0273 e. The second-order valence-corrected chi connectivity index (χ2v) is 5.11. The molecule has 0 amide bonds. The zero-order valence-electron chi connectivity index (χ0n) is 10.8. The fraction of sp³-hybridized carbons (Fsp3) is 0.400. The molecule has 0 radical (unpaired) electrons. The van der Waals surface area contributed by atoms with Gasteiger partial charge in [-0.25, -0.2) is 0 Å². The fourth-order valence-corrected chi connectivity index (χ4v) is 3.05. The minimum absolute atomic E-state index is 0.425. The highest BCUT2D eigenvalue weighted by Crippen LogP contribution is 2.39. The van der Waals surface area contributed by atoms with Gasteiger partial charge in [0, 0.05) is 18.3 Å². The molecule has 96 valence electrons. The van der Waals surface area contributed by atoms with Crippen molar-refractivity contribution in [3.63, 3.8) is 0 Å². The van der Waals surface area contributed by atoms with E-state index in [1.165, 1.54) is 28.0 Å². The number of aromatic nitrogens is 1. The lowest BCUT2D eigenvalue weighted by Crippen LogP contribution is -2.19. The van der Waals surface area contributed by atoms with E-state index in [2.05, 4.69) is 30.1 Å². The van der Waals surface area contributed by atoms with Crippen LogP contribution in [0.3, 0.4) is 0 Å². The molecule has 1 atom stereocenters. The number of rotatable bonds is 3. The van der Waals surface area contributed by atoms with Gasteiger partial charge in [-0.1, -0.05) is 6.08 Å². The Hall–Kier alpha value is -1.06. The second kappa shape index (κ2) is 6.21. The van der Waals surface area contributed by atoms with Crippen LogP contribution < -0.4 is 5.73 Å². The van der Waals surface area contributed by atoms with Crippen LogP contribution >= 0.6 is 12.6 Å². The van der Waals surface area contributed by atoms with Crippen molar-refractivity contribution >= 4 is 18.2 Å². The summed E-state index contributed by atoms with van der Waals surface area (Å²) >= 11 is 4.72. The third-order valence-electron chi connectivity index (χ3n) is 3.56. The van der Waals surface area contributed by atoms with E-state index >= 15 is 0 Å². The highest BCUT2D eigenvalue weighted by atomic mass is 32.1. The van der Waals surface area contributed by atoms with Gasteiger partial charge in [-0.05, 0) is 66.5 Å². The van der Waals surface area contributed by atoms with Crippen molar-refractivity contribution < 1.29 is 0 Å². The van der Waals surface area contributed by atoms with Gasteiger partial charge < -0.3 is 5.73 Å². The van der Waals surface area contributed by atoms with Gasteiger partial charge in [-0.2, -0.15) is 0 Å². The molecule has 1 aliphatic rings. The Morgan fingerprint density at radius 2 is 2.22 bits per heavy atom. The lowest BCUT2D eigenvalue weighted by atomic mass is 9.84. The van der Waals surface area contributed by atoms with E-state index in [0.29, 0.717) is 12.5 Å². The van der Waals surface area contributed by atoms with Crippen LogP contribution in [-0.2, 0) is 0 Å². The molecule has 0 aliphatic heterocycles. The molecule has 0 saturated carbocycles. The topological polar surface area (TPSA) is 38.9 Å². The third-order valence-corrected chi connectivity index (χ3v) is 4.20. The smallest absolute Gasteiger partial charge is 0.0273 e. The van der Waals surface area contributed by atoms with Gasteiger partial charge in [0.2, 0.25) is 0 Å². The Bertz CT molecular complexity index is 463. The van der Waals surface area contributed by atoms with Crippen LogP contribution in [-0.4, -0.2) is 11.5 Å². The van der Waals surface area contributed by atoms with E-state index in [-0.39, 0.29) is 0 Å². The molecular weight excluding hydrogens is 240 g/mol. The van der Waals surface area contributed by atoms with E-state index in [0.717, 1.165) is 12.8 Å². The summed E-state index contributed by atoms with van der Waals surface area (Å²) in [5.74, 6) is 0.425. The summed E-state index contributed by atoms with van der Waals surface area (Å²) in [7, 11) is 0. The lowest BCUT2D eigenvalue weighted by molar-refractivity contribution is 0.535. The average molecular weight is 260 g/mol. The number of thiol groups is 1. The summed E-state index contributed by atoms with van der Waals surface area (Å²) in [4.78, 5) is 5.25. The van der Waals surface area contributed by atoms with E-state index in [4.69, 9.17) is 18.4 Å². The van der Waals surface area contributed by atoms with Gasteiger partial charge in [-0.15, -0.1) is 12.6 Å². The first-order valence-corrected chi connectivity index (χ1v) is 6.91. The molecule has 2 N–H and O–H groups in total. The fourth-order valence-electron chi connectivity index (χ4n) is 2.59. The average Bonchev–Trinajstić information content (AvgIpc) is 2.43. The molecule has 18 heavy (non-hydrogen) atoms. The molecule has 1 unspecified atom stereocenters. The first-order valence-electron chi connectivity index (χ1n) is 6.47. The molecular formula is C15H20N2S. The number of hydrogen-bond donors (Lipinski definition) is 2. The SMILES string of the molecule is C/C=C(\C1=C(S)C(CN)CCC1)c1ccncc1. The second-order valence-electron chi connectivity index (χ2n) is 4.63. The van der Waals surface area contributed by atoms with Crippen molar-refractivity contribution in [2.24, 2.45) is 11.7 Å². The van der Waals surface area contributed by atoms with Gasteiger partial charge >= 0.3 is 0 Å². The van der Waals surface area contributed by atoms with Gasteiger partial charge in [-0.3, -0.25) is 4.98 Å². The van der Waals surface area contributed by atoms with Crippen LogP contribution in [0.2, 0.25) is 0 Å². The van der Waals surface area contributed by atoms with E-state index in [1.807, 2.05) is 12.4 Å². The van der Waals surface area contributed by atoms with Crippen LogP contribution in [0.5, 0.6) is 0 Å². The van der Waals surface area contributed by atoms with Crippen molar-refractivity contribution in [1.29, 1.82) is 0 Å². The highest BCUT2D eigenvalue weighted by molar-refractivity contribution is 7.84. The van der Waals surface area contributed by atoms with E-state index in [9.17, 15) is 0 Å². The van der Waals surface area contributed by atoms with Crippen molar-refractivity contribution in [3.05, 3.63) is 46.6 Å². The number of hydrogen-bond acceptors (Lipinski definition) is 3. The maximum absolute atomic E-state index is 5.82. The van der Waals surface area contributed by atoms with Gasteiger partial charge in [0.1, 0.15) is 0 Å². The monoisotopic (exact) mass is 260 g/mol. The Balaban J connectivity index is 2.40. The largest absolute Gasteiger partial charge is 0.330 e. The van der Waals surface area contributed by atoms with Crippen LogP contribution in [0.1, 0.15) is 31.7 Å². The normalized spacial score (nSPS) is 21.3. The van der Waals surface area contributed by atoms with Gasteiger partial charge in [0.05, 0.1) is 0 Å². The first-order chi connectivity index (χ1) is 8.77. The molecule has 2 rings (SSSR count). The molecule has 0 fully saturated rings. The third kappa shape index (κ3) is 2.68. The molecule has 1 aromatic heterocycles. The van der Waals surface area contributed by atoms with Crippen molar-refractivity contribution in [2.75, 3.05) is 6.54 Å². The van der Waals surface area contributed by atoms with Crippen LogP contribution in [0.15, 0.2) is 41.1 Å². The van der Waals surface area contributed by atoms with Crippen molar-refractivity contribution in [2.45, 2.75) is 26.2 Å². The molecule has 0 saturated heterocycles.